The van der Waals surface area contributed by atoms with E-state index in [9.17, 15) is 0 Å². The van der Waals surface area contributed by atoms with Crippen LogP contribution in [0.1, 0.15) is 46.2 Å². The molecular weight excluding hydrogens is 238 g/mol. The SMILES string of the molecule is CC1(C)COCC(c2ccc(OC(C)(C)C)cc2)N1. The van der Waals surface area contributed by atoms with Gasteiger partial charge in [-0.25, -0.2) is 0 Å². The van der Waals surface area contributed by atoms with E-state index in [0.717, 1.165) is 19.0 Å². The van der Waals surface area contributed by atoms with Crippen molar-refractivity contribution in [2.75, 3.05) is 13.2 Å². The summed E-state index contributed by atoms with van der Waals surface area (Å²) in [6.07, 6.45) is 0. The molecule has 1 atom stereocenters. The Balaban J connectivity index is 2.06. The zero-order valence-corrected chi connectivity index (χ0v) is 12.6. The van der Waals surface area contributed by atoms with E-state index in [4.69, 9.17) is 9.47 Å². The molecule has 1 aliphatic heterocycles. The van der Waals surface area contributed by atoms with Crippen LogP contribution in [0, 0.1) is 0 Å². The molecule has 0 bridgehead atoms. The van der Waals surface area contributed by atoms with Crippen molar-refractivity contribution < 1.29 is 9.47 Å². The summed E-state index contributed by atoms with van der Waals surface area (Å²) in [5.41, 5.74) is 1.12. The molecule has 1 aromatic rings. The molecule has 1 aromatic carbocycles. The molecular formula is C16H25NO2. The summed E-state index contributed by atoms with van der Waals surface area (Å²) in [4.78, 5) is 0. The van der Waals surface area contributed by atoms with Crippen molar-refractivity contribution in [2.45, 2.75) is 51.8 Å². The van der Waals surface area contributed by atoms with Gasteiger partial charge in [0.2, 0.25) is 0 Å². The van der Waals surface area contributed by atoms with Crippen molar-refractivity contribution in [1.29, 1.82) is 0 Å². The summed E-state index contributed by atoms with van der Waals surface area (Å²) in [6.45, 7) is 12.0. The van der Waals surface area contributed by atoms with Gasteiger partial charge >= 0.3 is 0 Å². The van der Waals surface area contributed by atoms with E-state index in [1.54, 1.807) is 0 Å². The normalized spacial score (nSPS) is 23.1. The highest BCUT2D eigenvalue weighted by Crippen LogP contribution is 2.25. The van der Waals surface area contributed by atoms with Gasteiger partial charge in [-0.15, -0.1) is 0 Å². The first-order chi connectivity index (χ1) is 8.75. The minimum absolute atomic E-state index is 0.0312. The lowest BCUT2D eigenvalue weighted by molar-refractivity contribution is 0.0127. The highest BCUT2D eigenvalue weighted by Gasteiger charge is 2.28. The number of ether oxygens (including phenoxy) is 2. The van der Waals surface area contributed by atoms with Crippen LogP contribution < -0.4 is 10.1 Å². The summed E-state index contributed by atoms with van der Waals surface area (Å²) >= 11 is 0. The molecule has 0 saturated carbocycles. The molecule has 3 nitrogen and oxygen atoms in total. The molecule has 0 aliphatic carbocycles. The molecule has 0 radical (unpaired) electrons. The maximum absolute atomic E-state index is 5.83. The van der Waals surface area contributed by atoms with Crippen LogP contribution in [0.15, 0.2) is 24.3 Å². The van der Waals surface area contributed by atoms with E-state index in [-0.39, 0.29) is 17.2 Å². The Labute approximate surface area is 116 Å². The molecule has 106 valence electrons. The number of benzene rings is 1. The molecule has 1 unspecified atom stereocenters. The summed E-state index contributed by atoms with van der Waals surface area (Å²) in [7, 11) is 0. The third kappa shape index (κ3) is 4.22. The second kappa shape index (κ2) is 5.14. The first-order valence-electron chi connectivity index (χ1n) is 6.90. The van der Waals surface area contributed by atoms with Crippen molar-refractivity contribution in [2.24, 2.45) is 0 Å². The molecule has 1 saturated heterocycles. The summed E-state index contributed by atoms with van der Waals surface area (Å²) in [5.74, 6) is 0.909. The molecule has 3 heteroatoms. The molecule has 2 rings (SSSR count). The van der Waals surface area contributed by atoms with Gasteiger partial charge in [-0.3, -0.25) is 0 Å². The quantitative estimate of drug-likeness (QED) is 0.888. The van der Waals surface area contributed by atoms with Crippen LogP contribution in [0.4, 0.5) is 0 Å². The van der Waals surface area contributed by atoms with Crippen LogP contribution in [0.5, 0.6) is 5.75 Å². The molecule has 1 N–H and O–H groups in total. The van der Waals surface area contributed by atoms with Gasteiger partial charge in [0.15, 0.2) is 0 Å². The van der Waals surface area contributed by atoms with Crippen LogP contribution >= 0.6 is 0 Å². The Kier molecular flexibility index (Phi) is 3.88. The fourth-order valence-electron chi connectivity index (χ4n) is 2.29. The van der Waals surface area contributed by atoms with E-state index < -0.39 is 0 Å². The van der Waals surface area contributed by atoms with E-state index in [1.807, 2.05) is 12.1 Å². The lowest BCUT2D eigenvalue weighted by Crippen LogP contribution is -2.51. The fourth-order valence-corrected chi connectivity index (χ4v) is 2.29. The number of nitrogens with one attached hydrogen (secondary N) is 1. The maximum Gasteiger partial charge on any atom is 0.120 e. The molecule has 1 aliphatic rings. The third-order valence-corrected chi connectivity index (χ3v) is 3.02. The van der Waals surface area contributed by atoms with Gasteiger partial charge in [0.05, 0.1) is 19.3 Å². The number of hydrogen-bond acceptors (Lipinski definition) is 3. The standard InChI is InChI=1S/C16H25NO2/c1-15(2,3)19-13-8-6-12(7-9-13)14-10-18-11-16(4,5)17-14/h6-9,14,17H,10-11H2,1-5H3. The van der Waals surface area contributed by atoms with Crippen molar-refractivity contribution >= 4 is 0 Å². The second-order valence-electron chi connectivity index (χ2n) is 6.88. The van der Waals surface area contributed by atoms with Crippen molar-refractivity contribution in [3.8, 4) is 5.75 Å². The largest absolute Gasteiger partial charge is 0.488 e. The van der Waals surface area contributed by atoms with Crippen molar-refractivity contribution in [1.82, 2.24) is 5.32 Å². The topological polar surface area (TPSA) is 30.5 Å². The van der Waals surface area contributed by atoms with Crippen LogP contribution in [0.3, 0.4) is 0 Å². The average molecular weight is 263 g/mol. The first kappa shape index (κ1) is 14.4. The van der Waals surface area contributed by atoms with Gasteiger partial charge in [0.25, 0.3) is 0 Å². The summed E-state index contributed by atoms with van der Waals surface area (Å²) in [5, 5.41) is 3.61. The predicted molar refractivity (Wildman–Crippen MR) is 77.6 cm³/mol. The van der Waals surface area contributed by atoms with E-state index in [0.29, 0.717) is 0 Å². The molecule has 0 amide bonds. The lowest BCUT2D eigenvalue weighted by atomic mass is 9.99. The summed E-state index contributed by atoms with van der Waals surface area (Å²) in [6, 6.07) is 8.55. The smallest absolute Gasteiger partial charge is 0.120 e. The lowest BCUT2D eigenvalue weighted by Gasteiger charge is -2.37. The van der Waals surface area contributed by atoms with Gasteiger partial charge in [0, 0.05) is 5.54 Å². The van der Waals surface area contributed by atoms with Gasteiger partial charge in [-0.05, 0) is 52.3 Å². The summed E-state index contributed by atoms with van der Waals surface area (Å²) < 4.78 is 11.5. The monoisotopic (exact) mass is 263 g/mol. The molecule has 0 spiro atoms. The Morgan fingerprint density at radius 3 is 2.37 bits per heavy atom. The Morgan fingerprint density at radius 2 is 1.84 bits per heavy atom. The van der Waals surface area contributed by atoms with Crippen molar-refractivity contribution in [3.05, 3.63) is 29.8 Å². The minimum atomic E-state index is -0.157. The first-order valence-corrected chi connectivity index (χ1v) is 6.90. The van der Waals surface area contributed by atoms with Gasteiger partial charge < -0.3 is 14.8 Å². The molecule has 1 heterocycles. The fraction of sp³-hybridized carbons (Fsp3) is 0.625. The van der Waals surface area contributed by atoms with E-state index in [1.165, 1.54) is 5.56 Å². The molecule has 1 fully saturated rings. The van der Waals surface area contributed by atoms with Crippen molar-refractivity contribution in [3.63, 3.8) is 0 Å². The highest BCUT2D eigenvalue weighted by molar-refractivity contribution is 5.30. The zero-order chi connectivity index (χ0) is 14.1. The number of hydrogen-bond donors (Lipinski definition) is 1. The Bertz CT molecular complexity index is 417. The Morgan fingerprint density at radius 1 is 1.21 bits per heavy atom. The van der Waals surface area contributed by atoms with Crippen LogP contribution in [0.25, 0.3) is 0 Å². The average Bonchev–Trinajstić information content (AvgIpc) is 2.26. The van der Waals surface area contributed by atoms with Gasteiger partial charge in [-0.2, -0.15) is 0 Å². The second-order valence-corrected chi connectivity index (χ2v) is 6.88. The third-order valence-electron chi connectivity index (χ3n) is 3.02. The van der Waals surface area contributed by atoms with Crippen LogP contribution in [-0.4, -0.2) is 24.4 Å². The van der Waals surface area contributed by atoms with Gasteiger partial charge in [-0.1, -0.05) is 12.1 Å². The van der Waals surface area contributed by atoms with Gasteiger partial charge in [0.1, 0.15) is 11.4 Å². The predicted octanol–water partition coefficient (Wildman–Crippen LogP) is 3.30. The zero-order valence-electron chi connectivity index (χ0n) is 12.6. The highest BCUT2D eigenvalue weighted by atomic mass is 16.5. The molecule has 0 aromatic heterocycles. The van der Waals surface area contributed by atoms with Crippen LogP contribution in [-0.2, 0) is 4.74 Å². The minimum Gasteiger partial charge on any atom is -0.488 e. The number of morpholine rings is 1. The number of rotatable bonds is 2. The maximum atomic E-state index is 5.83. The Hall–Kier alpha value is -1.06. The van der Waals surface area contributed by atoms with E-state index in [2.05, 4.69) is 52.1 Å². The molecule has 19 heavy (non-hydrogen) atoms. The van der Waals surface area contributed by atoms with Crippen LogP contribution in [0.2, 0.25) is 0 Å². The van der Waals surface area contributed by atoms with E-state index >= 15 is 0 Å².